The summed E-state index contributed by atoms with van der Waals surface area (Å²) in [4.78, 5) is 26.3. The molecular formula is C32H42N2O2. The first-order chi connectivity index (χ1) is 16.8. The van der Waals surface area contributed by atoms with E-state index in [1.165, 1.54) is 0 Å². The molecule has 0 atom stereocenters. The van der Waals surface area contributed by atoms with Crippen LogP contribution in [0.2, 0.25) is 0 Å². The van der Waals surface area contributed by atoms with E-state index >= 15 is 0 Å². The lowest BCUT2D eigenvalue weighted by Crippen LogP contribution is -2.47. The van der Waals surface area contributed by atoms with Crippen molar-refractivity contribution in [1.82, 2.24) is 10.6 Å². The van der Waals surface area contributed by atoms with E-state index < -0.39 is 11.1 Å². The van der Waals surface area contributed by atoms with Crippen molar-refractivity contribution in [3.63, 3.8) is 0 Å². The van der Waals surface area contributed by atoms with Crippen LogP contribution in [-0.2, 0) is 20.7 Å². The van der Waals surface area contributed by atoms with Crippen LogP contribution in [0.3, 0.4) is 0 Å². The second-order valence-electron chi connectivity index (χ2n) is 11.5. The van der Waals surface area contributed by atoms with Gasteiger partial charge < -0.3 is 10.6 Å². The minimum atomic E-state index is -0.487. The number of benzene rings is 2. The molecule has 0 radical (unpaired) electrons. The molecule has 0 aromatic heterocycles. The molecule has 0 aliphatic heterocycles. The summed E-state index contributed by atoms with van der Waals surface area (Å²) in [7, 11) is 0. The summed E-state index contributed by atoms with van der Waals surface area (Å²) >= 11 is 0. The van der Waals surface area contributed by atoms with E-state index in [2.05, 4.69) is 35.9 Å². The fourth-order valence-corrected chi connectivity index (χ4v) is 4.93. The van der Waals surface area contributed by atoms with E-state index in [0.717, 1.165) is 59.1 Å². The Labute approximate surface area is 217 Å². The summed E-state index contributed by atoms with van der Waals surface area (Å²) in [6.07, 6.45) is 2.88. The lowest BCUT2D eigenvalue weighted by molar-refractivity contribution is -0.132. The van der Waals surface area contributed by atoms with Crippen molar-refractivity contribution in [3.05, 3.63) is 83.9 Å². The SMILES string of the molecule is C=C(C)c1cccc(C(C)(C)NC(=O)C2CCC(C(=O)NC(C)(C)c3cccc(C(=C)C)c3)CC2)c1. The van der Waals surface area contributed by atoms with Gasteiger partial charge >= 0.3 is 0 Å². The maximum atomic E-state index is 13.1. The molecular weight excluding hydrogens is 444 g/mol. The highest BCUT2D eigenvalue weighted by Gasteiger charge is 2.34. The Morgan fingerprint density at radius 3 is 1.33 bits per heavy atom. The van der Waals surface area contributed by atoms with Gasteiger partial charge in [-0.1, -0.05) is 60.7 Å². The molecule has 3 rings (SSSR count). The van der Waals surface area contributed by atoms with Gasteiger partial charge in [0.1, 0.15) is 0 Å². The molecule has 2 amide bonds. The van der Waals surface area contributed by atoms with Crippen molar-refractivity contribution in [2.75, 3.05) is 0 Å². The Balaban J connectivity index is 1.58. The quantitative estimate of drug-likeness (QED) is 0.424. The van der Waals surface area contributed by atoms with Crippen molar-refractivity contribution in [2.24, 2.45) is 11.8 Å². The predicted octanol–water partition coefficient (Wildman–Crippen LogP) is 6.96. The topological polar surface area (TPSA) is 58.2 Å². The highest BCUT2D eigenvalue weighted by Crippen LogP contribution is 2.32. The Kier molecular flexibility index (Phi) is 8.28. The third-order valence-electron chi connectivity index (χ3n) is 7.49. The minimum absolute atomic E-state index is 0.0662. The fourth-order valence-electron chi connectivity index (χ4n) is 4.93. The largest absolute Gasteiger partial charge is 0.347 e. The van der Waals surface area contributed by atoms with Gasteiger partial charge in [-0.25, -0.2) is 0 Å². The van der Waals surface area contributed by atoms with Crippen LogP contribution in [0.1, 0.15) is 89.5 Å². The molecule has 0 unspecified atom stereocenters. The van der Waals surface area contributed by atoms with E-state index in [1.54, 1.807) is 0 Å². The molecule has 2 aromatic rings. The smallest absolute Gasteiger partial charge is 0.223 e. The zero-order valence-corrected chi connectivity index (χ0v) is 22.8. The third kappa shape index (κ3) is 6.54. The molecule has 1 aliphatic rings. The molecule has 2 N–H and O–H groups in total. The van der Waals surface area contributed by atoms with Gasteiger partial charge in [-0.2, -0.15) is 0 Å². The molecule has 0 saturated heterocycles. The molecule has 1 aliphatic carbocycles. The van der Waals surface area contributed by atoms with Crippen molar-refractivity contribution in [3.8, 4) is 0 Å². The normalized spacial score (nSPS) is 18.3. The molecule has 1 fully saturated rings. The van der Waals surface area contributed by atoms with Gasteiger partial charge in [0.2, 0.25) is 11.8 Å². The summed E-state index contributed by atoms with van der Waals surface area (Å²) in [5.74, 6) is -0.0103. The van der Waals surface area contributed by atoms with E-state index in [0.29, 0.717) is 0 Å². The Morgan fingerprint density at radius 2 is 1.03 bits per heavy atom. The van der Waals surface area contributed by atoms with Crippen LogP contribution >= 0.6 is 0 Å². The average molecular weight is 487 g/mol. The number of allylic oxidation sites excluding steroid dienone is 2. The second-order valence-corrected chi connectivity index (χ2v) is 11.5. The van der Waals surface area contributed by atoms with Crippen LogP contribution < -0.4 is 10.6 Å². The zero-order chi connectivity index (χ0) is 26.7. The Morgan fingerprint density at radius 1 is 0.694 bits per heavy atom. The van der Waals surface area contributed by atoms with Gasteiger partial charge in [-0.3, -0.25) is 9.59 Å². The summed E-state index contributed by atoms with van der Waals surface area (Å²) in [5.41, 5.74) is 5.30. The zero-order valence-electron chi connectivity index (χ0n) is 22.8. The van der Waals surface area contributed by atoms with E-state index in [1.807, 2.05) is 77.9 Å². The lowest BCUT2D eigenvalue weighted by atomic mass is 9.80. The maximum absolute atomic E-state index is 13.1. The van der Waals surface area contributed by atoms with Gasteiger partial charge in [-0.15, -0.1) is 0 Å². The number of carbonyl (C=O) groups is 2. The summed E-state index contributed by atoms with van der Waals surface area (Å²) < 4.78 is 0. The number of amides is 2. The average Bonchev–Trinajstić information content (AvgIpc) is 2.83. The molecule has 192 valence electrons. The first kappa shape index (κ1) is 27.4. The van der Waals surface area contributed by atoms with E-state index in [4.69, 9.17) is 0 Å². The van der Waals surface area contributed by atoms with Gasteiger partial charge in [0.25, 0.3) is 0 Å². The van der Waals surface area contributed by atoms with Crippen LogP contribution in [0, 0.1) is 11.8 Å². The van der Waals surface area contributed by atoms with Gasteiger partial charge in [0, 0.05) is 11.8 Å². The van der Waals surface area contributed by atoms with Gasteiger partial charge in [-0.05, 0) is 102 Å². The fraction of sp³-hybridized carbons (Fsp3) is 0.438. The molecule has 4 heteroatoms. The summed E-state index contributed by atoms with van der Waals surface area (Å²) in [6.45, 7) is 20.2. The highest BCUT2D eigenvalue weighted by molar-refractivity contribution is 5.82. The van der Waals surface area contributed by atoms with Crippen LogP contribution in [0.4, 0.5) is 0 Å². The Bertz CT molecular complexity index is 1060. The van der Waals surface area contributed by atoms with E-state index in [-0.39, 0.29) is 23.7 Å². The van der Waals surface area contributed by atoms with E-state index in [9.17, 15) is 9.59 Å². The van der Waals surface area contributed by atoms with Crippen molar-refractivity contribution < 1.29 is 9.59 Å². The number of hydrogen-bond donors (Lipinski definition) is 2. The highest BCUT2D eigenvalue weighted by atomic mass is 16.2. The first-order valence-corrected chi connectivity index (χ1v) is 13.0. The molecule has 0 heterocycles. The van der Waals surface area contributed by atoms with Crippen LogP contribution in [0.5, 0.6) is 0 Å². The van der Waals surface area contributed by atoms with Crippen molar-refractivity contribution in [2.45, 2.75) is 78.3 Å². The number of rotatable bonds is 8. The molecule has 0 bridgehead atoms. The summed E-state index contributed by atoms with van der Waals surface area (Å²) in [5, 5.41) is 6.50. The molecule has 4 nitrogen and oxygen atoms in total. The maximum Gasteiger partial charge on any atom is 0.223 e. The third-order valence-corrected chi connectivity index (χ3v) is 7.49. The first-order valence-electron chi connectivity index (χ1n) is 13.0. The second kappa shape index (κ2) is 10.9. The molecule has 1 saturated carbocycles. The van der Waals surface area contributed by atoms with Gasteiger partial charge in [0.15, 0.2) is 0 Å². The van der Waals surface area contributed by atoms with Gasteiger partial charge in [0.05, 0.1) is 11.1 Å². The monoisotopic (exact) mass is 486 g/mol. The lowest BCUT2D eigenvalue weighted by Gasteiger charge is -2.34. The van der Waals surface area contributed by atoms with Crippen molar-refractivity contribution >= 4 is 23.0 Å². The number of hydrogen-bond acceptors (Lipinski definition) is 2. The molecule has 2 aromatic carbocycles. The Hall–Kier alpha value is -3.14. The minimum Gasteiger partial charge on any atom is -0.347 e. The standard InChI is InChI=1S/C32H42N2O2/c1-21(2)25-11-9-13-27(19-25)31(5,6)33-29(35)23-15-17-24(18-16-23)30(36)34-32(7,8)28-14-10-12-26(20-28)22(3)4/h9-14,19-20,23-24H,1,3,15-18H2,2,4-8H3,(H,33,35)(H,34,36). The van der Waals surface area contributed by atoms with Crippen LogP contribution in [-0.4, -0.2) is 11.8 Å². The number of nitrogens with one attached hydrogen (secondary N) is 2. The van der Waals surface area contributed by atoms with Crippen molar-refractivity contribution in [1.29, 1.82) is 0 Å². The molecule has 0 spiro atoms. The molecule has 36 heavy (non-hydrogen) atoms. The predicted molar refractivity (Wildman–Crippen MR) is 150 cm³/mol. The number of carbonyl (C=O) groups excluding carboxylic acids is 2. The van der Waals surface area contributed by atoms with Crippen LogP contribution in [0.15, 0.2) is 61.7 Å². The summed E-state index contributed by atoms with van der Waals surface area (Å²) in [6, 6.07) is 16.4. The van der Waals surface area contributed by atoms with Crippen LogP contribution in [0.25, 0.3) is 11.1 Å².